The Labute approximate surface area is 133 Å². The summed E-state index contributed by atoms with van der Waals surface area (Å²) in [6.45, 7) is 2.90. The highest BCUT2D eigenvalue weighted by Gasteiger charge is 2.43. The Morgan fingerprint density at radius 2 is 2.09 bits per heavy atom. The second-order valence-electron chi connectivity index (χ2n) is 5.71. The number of thioether (sulfide) groups is 1. The molecule has 112 valence electrons. The van der Waals surface area contributed by atoms with Crippen molar-refractivity contribution in [2.75, 3.05) is 11.9 Å². The van der Waals surface area contributed by atoms with Crippen LogP contribution in [0.4, 0.5) is 5.82 Å². The van der Waals surface area contributed by atoms with E-state index in [4.69, 9.17) is 0 Å². The largest absolute Gasteiger partial charge is 0.368 e. The predicted octanol–water partition coefficient (Wildman–Crippen LogP) is 3.17. The van der Waals surface area contributed by atoms with Crippen LogP contribution in [-0.2, 0) is 0 Å². The molecule has 0 aliphatic heterocycles. The highest BCUT2D eigenvalue weighted by molar-refractivity contribution is 8.01. The van der Waals surface area contributed by atoms with Gasteiger partial charge in [-0.15, -0.1) is 11.8 Å². The molecule has 1 aliphatic carbocycles. The maximum atomic E-state index is 4.37. The number of fused-ring (bicyclic) bond motifs is 1. The summed E-state index contributed by atoms with van der Waals surface area (Å²) in [5, 5.41) is 7.78. The first kappa shape index (κ1) is 13.6. The summed E-state index contributed by atoms with van der Waals surface area (Å²) in [5.41, 5.74) is 0.948. The summed E-state index contributed by atoms with van der Waals surface area (Å²) in [4.78, 5) is 9.86. The molecule has 0 radical (unpaired) electrons. The summed E-state index contributed by atoms with van der Waals surface area (Å²) in [5.74, 6) is 1.60. The van der Waals surface area contributed by atoms with Crippen molar-refractivity contribution in [2.45, 2.75) is 29.4 Å². The van der Waals surface area contributed by atoms with Gasteiger partial charge in [0, 0.05) is 27.9 Å². The molecule has 0 amide bonds. The molecule has 3 aromatic rings. The number of aromatic nitrogens is 4. The fraction of sp³-hybridized carbons (Fsp3) is 0.312. The average Bonchev–Trinajstić information content (AvgIpc) is 3.11. The van der Waals surface area contributed by atoms with Gasteiger partial charge >= 0.3 is 0 Å². The van der Waals surface area contributed by atoms with Crippen molar-refractivity contribution >= 4 is 23.4 Å². The smallest absolute Gasteiger partial charge is 0.254 e. The lowest BCUT2D eigenvalue weighted by Gasteiger charge is -2.17. The van der Waals surface area contributed by atoms with Crippen molar-refractivity contribution in [3.05, 3.63) is 48.4 Å². The lowest BCUT2D eigenvalue weighted by molar-refractivity contribution is 0.883. The number of hydrogen-bond acceptors (Lipinski definition) is 5. The van der Waals surface area contributed by atoms with Crippen LogP contribution < -0.4 is 5.32 Å². The van der Waals surface area contributed by atoms with E-state index in [9.17, 15) is 0 Å². The molecule has 6 heteroatoms. The van der Waals surface area contributed by atoms with Gasteiger partial charge in [0.15, 0.2) is 0 Å². The van der Waals surface area contributed by atoms with E-state index in [-0.39, 0.29) is 0 Å². The zero-order chi connectivity index (χ0) is 15.0. The van der Waals surface area contributed by atoms with E-state index < -0.39 is 0 Å². The number of aryl methyl sites for hydroxylation is 1. The molecule has 1 aromatic carbocycles. The van der Waals surface area contributed by atoms with Crippen LogP contribution in [0.15, 0.2) is 47.6 Å². The van der Waals surface area contributed by atoms with Crippen LogP contribution >= 0.6 is 11.8 Å². The zero-order valence-corrected chi connectivity index (χ0v) is 13.2. The highest BCUT2D eigenvalue weighted by atomic mass is 32.2. The molecule has 0 saturated heterocycles. The van der Waals surface area contributed by atoms with Crippen LogP contribution in [0, 0.1) is 6.92 Å². The van der Waals surface area contributed by atoms with Gasteiger partial charge in [0.05, 0.1) is 0 Å². The Balaban J connectivity index is 1.51. The molecular formula is C16H17N5S. The summed E-state index contributed by atoms with van der Waals surface area (Å²) < 4.78 is 2.06. The van der Waals surface area contributed by atoms with Gasteiger partial charge in [-0.05, 0) is 31.9 Å². The molecule has 0 atom stereocenters. The van der Waals surface area contributed by atoms with Crippen LogP contribution in [0.25, 0.3) is 5.78 Å². The molecule has 1 saturated carbocycles. The van der Waals surface area contributed by atoms with Gasteiger partial charge < -0.3 is 5.32 Å². The standard InChI is InChI=1S/C16H17N5S/c1-12-9-14(21-15(20-12)18-11-19-21)17-10-16(7-8-16)22-13-5-3-2-4-6-13/h2-6,9,11,17H,7-8,10H2,1H3. The Hall–Kier alpha value is -2.08. The maximum absolute atomic E-state index is 4.37. The van der Waals surface area contributed by atoms with Crippen molar-refractivity contribution < 1.29 is 0 Å². The zero-order valence-electron chi connectivity index (χ0n) is 12.4. The Morgan fingerprint density at radius 1 is 1.27 bits per heavy atom. The Kier molecular flexibility index (Phi) is 3.26. The molecule has 2 aromatic heterocycles. The summed E-state index contributed by atoms with van der Waals surface area (Å²) in [7, 11) is 0. The lowest BCUT2D eigenvalue weighted by Crippen LogP contribution is -2.19. The third kappa shape index (κ3) is 2.66. The van der Waals surface area contributed by atoms with Gasteiger partial charge in [-0.2, -0.15) is 14.6 Å². The molecule has 1 fully saturated rings. The van der Waals surface area contributed by atoms with E-state index in [1.165, 1.54) is 17.7 Å². The number of benzene rings is 1. The topological polar surface area (TPSA) is 55.1 Å². The minimum Gasteiger partial charge on any atom is -0.368 e. The van der Waals surface area contributed by atoms with Gasteiger partial charge in [-0.3, -0.25) is 0 Å². The molecule has 22 heavy (non-hydrogen) atoms. The summed E-state index contributed by atoms with van der Waals surface area (Å²) >= 11 is 1.96. The molecule has 1 aliphatic rings. The predicted molar refractivity (Wildman–Crippen MR) is 88.3 cm³/mol. The van der Waals surface area contributed by atoms with E-state index >= 15 is 0 Å². The number of hydrogen-bond donors (Lipinski definition) is 1. The molecule has 2 heterocycles. The molecule has 0 unspecified atom stereocenters. The lowest BCUT2D eigenvalue weighted by atomic mass is 10.3. The fourth-order valence-electron chi connectivity index (χ4n) is 2.50. The third-order valence-electron chi connectivity index (χ3n) is 3.86. The minimum absolute atomic E-state index is 0.297. The summed E-state index contributed by atoms with van der Waals surface area (Å²) in [6, 6.07) is 12.6. The normalized spacial score (nSPS) is 15.9. The van der Waals surface area contributed by atoms with Crippen LogP contribution in [0.5, 0.6) is 0 Å². The fourth-order valence-corrected chi connectivity index (χ4v) is 3.74. The molecule has 0 spiro atoms. The van der Waals surface area contributed by atoms with Crippen LogP contribution in [0.2, 0.25) is 0 Å². The average molecular weight is 311 g/mol. The van der Waals surface area contributed by atoms with Gasteiger partial charge in [-0.1, -0.05) is 18.2 Å². The quantitative estimate of drug-likeness (QED) is 0.784. The van der Waals surface area contributed by atoms with Crippen LogP contribution in [0.1, 0.15) is 18.5 Å². The Morgan fingerprint density at radius 3 is 2.86 bits per heavy atom. The second kappa shape index (κ2) is 5.28. The van der Waals surface area contributed by atoms with Crippen molar-refractivity contribution in [3.63, 3.8) is 0 Å². The third-order valence-corrected chi connectivity index (χ3v) is 5.35. The van der Waals surface area contributed by atoms with E-state index in [1.54, 1.807) is 10.8 Å². The number of nitrogens with one attached hydrogen (secondary N) is 1. The molecule has 0 bridgehead atoms. The highest BCUT2D eigenvalue weighted by Crippen LogP contribution is 2.51. The van der Waals surface area contributed by atoms with Crippen molar-refractivity contribution in [3.8, 4) is 0 Å². The van der Waals surface area contributed by atoms with E-state index in [0.29, 0.717) is 10.5 Å². The van der Waals surface area contributed by atoms with Crippen molar-refractivity contribution in [1.29, 1.82) is 0 Å². The van der Waals surface area contributed by atoms with Gasteiger partial charge in [-0.25, -0.2) is 4.98 Å². The molecule has 5 nitrogen and oxygen atoms in total. The van der Waals surface area contributed by atoms with Gasteiger partial charge in [0.25, 0.3) is 5.78 Å². The van der Waals surface area contributed by atoms with E-state index in [0.717, 1.165) is 18.1 Å². The summed E-state index contributed by atoms with van der Waals surface area (Å²) in [6.07, 6.45) is 4.02. The number of anilines is 1. The first-order valence-corrected chi connectivity index (χ1v) is 8.21. The van der Waals surface area contributed by atoms with E-state index in [2.05, 4.69) is 50.7 Å². The monoisotopic (exact) mass is 311 g/mol. The number of rotatable bonds is 5. The maximum Gasteiger partial charge on any atom is 0.254 e. The van der Waals surface area contributed by atoms with Crippen molar-refractivity contribution in [2.24, 2.45) is 0 Å². The van der Waals surface area contributed by atoms with Crippen molar-refractivity contribution in [1.82, 2.24) is 19.6 Å². The molecule has 1 N–H and O–H groups in total. The minimum atomic E-state index is 0.297. The van der Waals surface area contributed by atoms with Gasteiger partial charge in [0.2, 0.25) is 0 Å². The molecule has 4 rings (SSSR count). The van der Waals surface area contributed by atoms with Crippen LogP contribution in [-0.4, -0.2) is 30.9 Å². The Bertz CT molecular complexity index is 795. The molecular weight excluding hydrogens is 294 g/mol. The van der Waals surface area contributed by atoms with Gasteiger partial charge in [0.1, 0.15) is 12.1 Å². The van der Waals surface area contributed by atoms with E-state index in [1.807, 2.05) is 24.8 Å². The first-order chi connectivity index (χ1) is 10.7. The van der Waals surface area contributed by atoms with Crippen LogP contribution in [0.3, 0.4) is 0 Å². The first-order valence-electron chi connectivity index (χ1n) is 7.39. The second-order valence-corrected chi connectivity index (χ2v) is 7.25. The SMILES string of the molecule is Cc1cc(NCC2(Sc3ccccc3)CC2)n2ncnc2n1. The number of nitrogens with zero attached hydrogens (tertiary/aromatic N) is 4.